The van der Waals surface area contributed by atoms with Crippen LogP contribution in [0.3, 0.4) is 0 Å². The van der Waals surface area contributed by atoms with Gasteiger partial charge in [-0.3, -0.25) is 0 Å². The molecule has 1 aliphatic heterocycles. The molecule has 0 bridgehead atoms. The Bertz CT molecular complexity index is 628. The van der Waals surface area contributed by atoms with Crippen molar-refractivity contribution in [2.45, 2.75) is 115 Å². The van der Waals surface area contributed by atoms with Crippen LogP contribution in [0.15, 0.2) is 12.1 Å². The lowest BCUT2D eigenvalue weighted by atomic mass is 9.73. The summed E-state index contributed by atoms with van der Waals surface area (Å²) >= 11 is 0. The molecule has 0 atom stereocenters. The van der Waals surface area contributed by atoms with Crippen LogP contribution in [0.2, 0.25) is 18.1 Å². The van der Waals surface area contributed by atoms with Gasteiger partial charge in [-0.1, -0.05) is 95.5 Å². The number of benzene rings is 1. The number of aryl methyl sites for hydroxylation is 2. The first-order valence-electron chi connectivity index (χ1n) is 13.1. The van der Waals surface area contributed by atoms with Crippen LogP contribution in [-0.4, -0.2) is 8.80 Å². The van der Waals surface area contributed by atoms with E-state index in [1.807, 2.05) is 13.0 Å². The molecule has 30 heavy (non-hydrogen) atoms. The Labute approximate surface area is 185 Å². The maximum atomic E-state index is 14.3. The summed E-state index contributed by atoms with van der Waals surface area (Å²) in [6.45, 7) is 4.36. The molecule has 170 valence electrons. The smallest absolute Gasteiger partial charge is 0.162 e. The Morgan fingerprint density at radius 2 is 1.37 bits per heavy atom. The quantitative estimate of drug-likeness (QED) is 0.256. The van der Waals surface area contributed by atoms with Crippen LogP contribution in [0.1, 0.15) is 95.6 Å². The number of hydrogen-bond acceptors (Lipinski definition) is 0. The predicted octanol–water partition coefficient (Wildman–Crippen LogP) is 8.48. The van der Waals surface area contributed by atoms with E-state index >= 15 is 0 Å². The van der Waals surface area contributed by atoms with E-state index in [1.165, 1.54) is 38.5 Å². The van der Waals surface area contributed by atoms with E-state index in [-0.39, 0.29) is 8.80 Å². The van der Waals surface area contributed by atoms with Crippen molar-refractivity contribution in [3.05, 3.63) is 34.9 Å². The number of halogens is 2. The highest BCUT2D eigenvalue weighted by atomic mass is 28.3. The maximum Gasteiger partial charge on any atom is 0.162 e. The van der Waals surface area contributed by atoms with Crippen molar-refractivity contribution < 1.29 is 8.78 Å². The van der Waals surface area contributed by atoms with Gasteiger partial charge in [0.2, 0.25) is 0 Å². The molecule has 0 nitrogen and oxygen atoms in total. The highest BCUT2D eigenvalue weighted by molar-refractivity contribution is 6.58. The van der Waals surface area contributed by atoms with Crippen LogP contribution >= 0.6 is 0 Å². The molecular formula is C27H44F2Si. The Kier molecular flexibility index (Phi) is 9.87. The van der Waals surface area contributed by atoms with E-state index in [4.69, 9.17) is 0 Å². The van der Waals surface area contributed by atoms with Crippen molar-refractivity contribution in [2.75, 3.05) is 0 Å². The fourth-order valence-electron chi connectivity index (χ4n) is 6.34. The third-order valence-corrected chi connectivity index (χ3v) is 11.9. The number of unbranched alkanes of at least 4 members (excludes halogenated alkanes) is 1. The summed E-state index contributed by atoms with van der Waals surface area (Å²) in [4.78, 5) is 0. The second-order valence-electron chi connectivity index (χ2n) is 10.4. The van der Waals surface area contributed by atoms with Crippen molar-refractivity contribution in [1.29, 1.82) is 0 Å². The van der Waals surface area contributed by atoms with Crippen molar-refractivity contribution in [3.8, 4) is 0 Å². The molecule has 0 amide bonds. The van der Waals surface area contributed by atoms with Gasteiger partial charge in [0.25, 0.3) is 0 Å². The van der Waals surface area contributed by atoms with Crippen LogP contribution in [0, 0.1) is 29.4 Å². The van der Waals surface area contributed by atoms with Gasteiger partial charge < -0.3 is 0 Å². The fraction of sp³-hybridized carbons (Fsp3) is 0.778. The normalized spacial score (nSPS) is 27.3. The van der Waals surface area contributed by atoms with E-state index in [0.29, 0.717) is 24.0 Å². The molecule has 1 aliphatic carbocycles. The topological polar surface area (TPSA) is 0 Å². The zero-order valence-electron chi connectivity index (χ0n) is 19.5. The third kappa shape index (κ3) is 6.65. The van der Waals surface area contributed by atoms with Gasteiger partial charge in [-0.05, 0) is 61.0 Å². The number of rotatable bonds is 10. The molecule has 3 heteroatoms. The largest absolute Gasteiger partial charge is 0.203 e. The van der Waals surface area contributed by atoms with Crippen molar-refractivity contribution >= 4 is 8.80 Å². The second kappa shape index (κ2) is 12.4. The van der Waals surface area contributed by atoms with Gasteiger partial charge in [0.15, 0.2) is 11.6 Å². The van der Waals surface area contributed by atoms with Crippen LogP contribution in [-0.2, 0) is 12.8 Å². The minimum atomic E-state index is -0.612. The Balaban J connectivity index is 1.32. The molecule has 0 radical (unpaired) electrons. The monoisotopic (exact) mass is 434 g/mol. The Morgan fingerprint density at radius 3 is 1.97 bits per heavy atom. The van der Waals surface area contributed by atoms with Gasteiger partial charge in [-0.25, -0.2) is 8.78 Å². The van der Waals surface area contributed by atoms with Gasteiger partial charge in [0.1, 0.15) is 0 Å². The van der Waals surface area contributed by atoms with Gasteiger partial charge in [0.05, 0.1) is 0 Å². The van der Waals surface area contributed by atoms with Crippen LogP contribution in [0.5, 0.6) is 0 Å². The molecule has 0 unspecified atom stereocenters. The lowest BCUT2D eigenvalue weighted by Crippen LogP contribution is -2.28. The number of hydrogen-bond donors (Lipinski definition) is 0. The van der Waals surface area contributed by atoms with Gasteiger partial charge in [0, 0.05) is 8.80 Å². The standard InChI is InChI=1S/C27H44F2Si/c1-3-7-24-14-15-25(27(29)26(24)28)9-6-5-8-21-10-12-22(13-11-21)23-16-19-30(18-4-2)20-17-23/h14-15,21-23,30H,3-13,16-20H2,1-2H3. The summed E-state index contributed by atoms with van der Waals surface area (Å²) in [5, 5.41) is 0. The first-order chi connectivity index (χ1) is 14.6. The van der Waals surface area contributed by atoms with E-state index < -0.39 is 11.6 Å². The molecule has 1 aromatic rings. The van der Waals surface area contributed by atoms with Gasteiger partial charge in [-0.15, -0.1) is 0 Å². The summed E-state index contributed by atoms with van der Waals surface area (Å²) in [7, 11) is -0.341. The summed E-state index contributed by atoms with van der Waals surface area (Å²) in [6.07, 6.45) is 15.8. The first-order valence-corrected chi connectivity index (χ1v) is 15.5. The SMILES string of the molecule is CCCc1ccc(CCCCC2CCC(C3CC[SiH](CCC)CC3)CC2)c(F)c1F. The lowest BCUT2D eigenvalue weighted by Gasteiger charge is -2.37. The molecule has 0 aromatic heterocycles. The third-order valence-electron chi connectivity index (χ3n) is 8.22. The van der Waals surface area contributed by atoms with Gasteiger partial charge in [-0.2, -0.15) is 0 Å². The lowest BCUT2D eigenvalue weighted by molar-refractivity contribution is 0.184. The fourth-order valence-corrected chi connectivity index (χ4v) is 9.82. The maximum absolute atomic E-state index is 14.3. The van der Waals surface area contributed by atoms with Crippen molar-refractivity contribution in [1.82, 2.24) is 0 Å². The van der Waals surface area contributed by atoms with E-state index in [1.54, 1.807) is 37.0 Å². The molecule has 2 aliphatic rings. The average Bonchev–Trinajstić information content (AvgIpc) is 2.77. The molecule has 1 saturated heterocycles. The summed E-state index contributed by atoms with van der Waals surface area (Å²) < 4.78 is 28.4. The van der Waals surface area contributed by atoms with Crippen LogP contribution in [0.4, 0.5) is 8.78 Å². The summed E-state index contributed by atoms with van der Waals surface area (Å²) in [6, 6.07) is 8.42. The van der Waals surface area contributed by atoms with E-state index in [9.17, 15) is 8.78 Å². The molecule has 2 fully saturated rings. The molecule has 1 saturated carbocycles. The van der Waals surface area contributed by atoms with Crippen molar-refractivity contribution in [3.63, 3.8) is 0 Å². The Hall–Kier alpha value is -0.703. The second-order valence-corrected chi connectivity index (χ2v) is 13.8. The average molecular weight is 435 g/mol. The molecule has 1 heterocycles. The van der Waals surface area contributed by atoms with Gasteiger partial charge >= 0.3 is 0 Å². The Morgan fingerprint density at radius 1 is 0.767 bits per heavy atom. The molecule has 0 N–H and O–H groups in total. The zero-order chi connectivity index (χ0) is 21.3. The van der Waals surface area contributed by atoms with Crippen LogP contribution < -0.4 is 0 Å². The minimum Gasteiger partial charge on any atom is -0.203 e. The highest BCUT2D eigenvalue weighted by Gasteiger charge is 2.30. The summed E-state index contributed by atoms with van der Waals surface area (Å²) in [5.74, 6) is 1.72. The molecule has 0 spiro atoms. The van der Waals surface area contributed by atoms with E-state index in [2.05, 4.69) is 6.92 Å². The first kappa shape index (κ1) is 23.9. The van der Waals surface area contributed by atoms with Crippen LogP contribution in [0.25, 0.3) is 0 Å². The molecule has 1 aromatic carbocycles. The molecular weight excluding hydrogens is 390 g/mol. The highest BCUT2D eigenvalue weighted by Crippen LogP contribution is 2.42. The predicted molar refractivity (Wildman–Crippen MR) is 128 cm³/mol. The van der Waals surface area contributed by atoms with Crippen molar-refractivity contribution in [2.24, 2.45) is 17.8 Å². The minimum absolute atomic E-state index is 0.341. The van der Waals surface area contributed by atoms with E-state index in [0.717, 1.165) is 37.0 Å². The zero-order valence-corrected chi connectivity index (χ0v) is 20.7. The molecule has 3 rings (SSSR count). The summed E-state index contributed by atoms with van der Waals surface area (Å²) in [5.41, 5.74) is 1.09.